The van der Waals surface area contributed by atoms with Gasteiger partial charge in [-0.1, -0.05) is 54.6 Å². The van der Waals surface area contributed by atoms with Crippen molar-refractivity contribution in [2.75, 3.05) is 6.54 Å². The van der Waals surface area contributed by atoms with Crippen LogP contribution in [0.3, 0.4) is 0 Å². The van der Waals surface area contributed by atoms with Gasteiger partial charge in [0.05, 0.1) is 23.4 Å². The van der Waals surface area contributed by atoms with Crippen molar-refractivity contribution in [2.24, 2.45) is 12.0 Å². The predicted molar refractivity (Wildman–Crippen MR) is 118 cm³/mol. The van der Waals surface area contributed by atoms with Crippen molar-refractivity contribution in [1.82, 2.24) is 19.8 Å². The number of aliphatic imine (C=N–C) groups is 1. The molecule has 3 heterocycles. The van der Waals surface area contributed by atoms with Crippen LogP contribution in [0.1, 0.15) is 11.4 Å². The van der Waals surface area contributed by atoms with E-state index in [1.165, 1.54) is 0 Å². The minimum Gasteiger partial charge on any atom is -0.275 e. The largest absolute Gasteiger partial charge is 0.275 e. The maximum atomic E-state index is 5.97. The maximum Gasteiger partial charge on any atom is 0.117 e. The third kappa shape index (κ3) is 3.73. The van der Waals surface area contributed by atoms with Gasteiger partial charge in [-0.05, 0) is 17.7 Å². The summed E-state index contributed by atoms with van der Waals surface area (Å²) >= 11 is 0. The van der Waals surface area contributed by atoms with Gasteiger partial charge in [0.2, 0.25) is 0 Å². The number of aromatic nitrogens is 3. The highest BCUT2D eigenvalue weighted by Gasteiger charge is 2.19. The van der Waals surface area contributed by atoms with E-state index in [0.29, 0.717) is 13.2 Å². The van der Waals surface area contributed by atoms with E-state index in [2.05, 4.69) is 39.3 Å². The number of fused-ring (bicyclic) bond motifs is 1. The lowest BCUT2D eigenvalue weighted by Gasteiger charge is -2.22. The fourth-order valence-electron chi connectivity index (χ4n) is 3.55. The number of pyridine rings is 1. The zero-order valence-corrected chi connectivity index (χ0v) is 16.6. The lowest BCUT2D eigenvalue weighted by Crippen LogP contribution is -2.26. The number of aryl methyl sites for hydroxylation is 1. The molecule has 0 N–H and O–H groups in total. The molecule has 0 aliphatic carbocycles. The average molecular weight is 395 g/mol. The number of hydrogen-bond acceptors (Lipinski definition) is 5. The summed E-state index contributed by atoms with van der Waals surface area (Å²) in [6, 6.07) is 22.4. The van der Waals surface area contributed by atoms with E-state index in [9.17, 15) is 0 Å². The van der Waals surface area contributed by atoms with E-state index in [0.717, 1.165) is 39.0 Å². The van der Waals surface area contributed by atoms with Crippen LogP contribution < -0.4 is 0 Å². The smallest absolute Gasteiger partial charge is 0.117 e. The molecular formula is C24H21N5O. The minimum atomic E-state index is 0.373. The van der Waals surface area contributed by atoms with Crippen molar-refractivity contribution < 1.29 is 4.84 Å². The second-order valence-electron chi connectivity index (χ2n) is 7.19. The Bertz CT molecular complexity index is 1240. The molecule has 0 atom stereocenters. The zero-order chi connectivity index (χ0) is 20.3. The van der Waals surface area contributed by atoms with Gasteiger partial charge in [-0.15, -0.1) is 0 Å². The van der Waals surface area contributed by atoms with Crippen LogP contribution in [0.15, 0.2) is 84.1 Å². The molecule has 148 valence electrons. The van der Waals surface area contributed by atoms with Gasteiger partial charge in [-0.3, -0.25) is 14.5 Å². The van der Waals surface area contributed by atoms with Crippen molar-refractivity contribution >= 4 is 22.8 Å². The van der Waals surface area contributed by atoms with Crippen LogP contribution in [0.4, 0.5) is 0 Å². The molecule has 0 amide bonds. The van der Waals surface area contributed by atoms with Crippen molar-refractivity contribution in [1.29, 1.82) is 0 Å². The highest BCUT2D eigenvalue weighted by Crippen LogP contribution is 2.29. The Morgan fingerprint density at radius 1 is 0.967 bits per heavy atom. The molecule has 0 saturated carbocycles. The van der Waals surface area contributed by atoms with Crippen molar-refractivity contribution in [3.8, 4) is 11.1 Å². The Labute approximate surface area is 174 Å². The Balaban J connectivity index is 1.32. The van der Waals surface area contributed by atoms with E-state index in [4.69, 9.17) is 4.84 Å². The fraction of sp³-hybridized carbons (Fsp3) is 0.125. The van der Waals surface area contributed by atoms with Gasteiger partial charge in [0.15, 0.2) is 0 Å². The minimum absolute atomic E-state index is 0.373. The molecular weight excluding hydrogens is 374 g/mol. The molecule has 0 unspecified atom stereocenters. The summed E-state index contributed by atoms with van der Waals surface area (Å²) in [6.07, 6.45) is 5.58. The van der Waals surface area contributed by atoms with E-state index in [-0.39, 0.29) is 0 Å². The van der Waals surface area contributed by atoms with Crippen LogP contribution >= 0.6 is 0 Å². The van der Waals surface area contributed by atoms with Crippen LogP contribution in [0, 0.1) is 0 Å². The van der Waals surface area contributed by atoms with Crippen LogP contribution in [0.5, 0.6) is 0 Å². The molecule has 0 saturated heterocycles. The van der Waals surface area contributed by atoms with Crippen LogP contribution in [0.2, 0.25) is 0 Å². The highest BCUT2D eigenvalue weighted by molar-refractivity contribution is 5.82. The normalized spacial score (nSPS) is 13.6. The van der Waals surface area contributed by atoms with Gasteiger partial charge in [-0.25, -0.2) is 10.1 Å². The summed E-state index contributed by atoms with van der Waals surface area (Å²) in [7, 11) is 1.93. The topological polar surface area (TPSA) is 55.5 Å². The summed E-state index contributed by atoms with van der Waals surface area (Å²) < 4.78 is 1.83. The Morgan fingerprint density at radius 3 is 2.70 bits per heavy atom. The third-order valence-electron chi connectivity index (χ3n) is 5.00. The van der Waals surface area contributed by atoms with Gasteiger partial charge in [0.25, 0.3) is 0 Å². The predicted octanol–water partition coefficient (Wildman–Crippen LogP) is 4.45. The molecule has 2 aromatic carbocycles. The highest BCUT2D eigenvalue weighted by atomic mass is 16.7. The van der Waals surface area contributed by atoms with Crippen molar-refractivity contribution in [3.63, 3.8) is 0 Å². The first-order valence-corrected chi connectivity index (χ1v) is 9.82. The van der Waals surface area contributed by atoms with Crippen LogP contribution in [0.25, 0.3) is 27.6 Å². The lowest BCUT2D eigenvalue weighted by molar-refractivity contribution is -0.0988. The molecule has 30 heavy (non-hydrogen) atoms. The maximum absolute atomic E-state index is 5.97. The van der Waals surface area contributed by atoms with E-state index in [1.807, 2.05) is 66.6 Å². The van der Waals surface area contributed by atoms with Crippen molar-refractivity contribution in [2.45, 2.75) is 6.61 Å². The number of nitrogens with zero attached hydrogens (tertiary/aromatic N) is 5. The number of hydrogen-bond donors (Lipinski definition) is 0. The van der Waals surface area contributed by atoms with Crippen molar-refractivity contribution in [3.05, 3.63) is 90.5 Å². The molecule has 0 fully saturated rings. The molecule has 1 aliphatic rings. The van der Waals surface area contributed by atoms with Gasteiger partial charge in [0, 0.05) is 36.0 Å². The molecule has 0 radical (unpaired) electrons. The summed E-state index contributed by atoms with van der Waals surface area (Å²) in [6.45, 7) is 0.936. The van der Waals surface area contributed by atoms with E-state index >= 15 is 0 Å². The quantitative estimate of drug-likeness (QED) is 0.501. The first kappa shape index (κ1) is 18.3. The third-order valence-corrected chi connectivity index (χ3v) is 5.00. The Morgan fingerprint density at radius 2 is 1.80 bits per heavy atom. The molecule has 6 heteroatoms. The van der Waals surface area contributed by atoms with Gasteiger partial charge >= 0.3 is 0 Å². The van der Waals surface area contributed by atoms with Gasteiger partial charge < -0.3 is 0 Å². The number of para-hydroxylation sites is 1. The molecule has 0 bridgehead atoms. The van der Waals surface area contributed by atoms with E-state index < -0.39 is 0 Å². The summed E-state index contributed by atoms with van der Waals surface area (Å²) in [5.41, 5.74) is 5.97. The van der Waals surface area contributed by atoms with Gasteiger partial charge in [0.1, 0.15) is 12.9 Å². The second kappa shape index (κ2) is 7.93. The number of benzene rings is 2. The van der Waals surface area contributed by atoms with Crippen LogP contribution in [-0.4, -0.2) is 32.7 Å². The molecule has 6 nitrogen and oxygen atoms in total. The zero-order valence-electron chi connectivity index (χ0n) is 16.6. The van der Waals surface area contributed by atoms with Crippen LogP contribution in [-0.2, 0) is 18.5 Å². The number of rotatable bonds is 5. The molecule has 4 aromatic rings. The van der Waals surface area contributed by atoms with Gasteiger partial charge in [-0.2, -0.15) is 5.10 Å². The van der Waals surface area contributed by atoms with E-state index in [1.54, 1.807) is 11.4 Å². The fourth-order valence-corrected chi connectivity index (χ4v) is 3.55. The Hall–Kier alpha value is -3.77. The second-order valence-corrected chi connectivity index (χ2v) is 7.19. The average Bonchev–Trinajstić information content (AvgIpc) is 3.20. The standard InChI is InChI=1S/C24H21N5O/c1-28-15-22(18-7-3-2-4-8-18)24(27-28)20-13-25-17-29(14-20)30-16-21-12-11-19-9-5-6-10-23(19)26-21/h2-13,15,17H,14,16H2,1H3. The summed E-state index contributed by atoms with van der Waals surface area (Å²) in [5, 5.41) is 7.53. The summed E-state index contributed by atoms with van der Waals surface area (Å²) in [4.78, 5) is 15.0. The first-order chi connectivity index (χ1) is 14.8. The first-order valence-electron chi connectivity index (χ1n) is 9.82. The lowest BCUT2D eigenvalue weighted by atomic mass is 10.0. The summed E-state index contributed by atoms with van der Waals surface area (Å²) in [5.74, 6) is 0. The Kier molecular flexibility index (Phi) is 4.83. The molecule has 1 aliphatic heterocycles. The molecule has 2 aromatic heterocycles. The SMILES string of the molecule is Cn1cc(-c2ccccc2)c(C2=CN=CN(OCc3ccc4ccccc4n3)C2)n1. The number of hydroxylamine groups is 2. The molecule has 5 rings (SSSR count). The molecule has 0 spiro atoms. The monoisotopic (exact) mass is 395 g/mol.